The van der Waals surface area contributed by atoms with Crippen LogP contribution in [-0.2, 0) is 15.3 Å². The number of carbonyl (C=O) groups is 2. The molecular weight excluding hydrogens is 605 g/mol. The molecule has 12 heteroatoms. The van der Waals surface area contributed by atoms with Crippen LogP contribution in [0.5, 0.6) is 11.5 Å². The number of anilines is 1. The lowest BCUT2D eigenvalue weighted by atomic mass is 9.95. The number of amides is 1. The van der Waals surface area contributed by atoms with Crippen LogP contribution in [0.3, 0.4) is 0 Å². The van der Waals surface area contributed by atoms with Gasteiger partial charge in [0.2, 0.25) is 5.13 Å². The standard InChI is InChI=1S/C29H23Cl2N3O5S2/c1-3-39-21-13-8-18(14-22(21)38-2)24-23(25(35)17-6-11-20(31)12-7-17)26(36)27(37)34(24)28-32-33-29(41-28)40-15-16-4-9-19(30)10-5-16/h4-14,24,35H,3,15H2,1-2H3/b25-23-. The number of thioether (sulfide) groups is 1. The minimum atomic E-state index is -1.00. The molecule has 0 aliphatic carbocycles. The second-order valence-corrected chi connectivity index (χ2v) is 11.8. The third-order valence-corrected chi connectivity index (χ3v) is 8.87. The molecule has 5 rings (SSSR count). The number of ether oxygens (including phenoxy) is 2. The maximum atomic E-state index is 13.5. The van der Waals surface area contributed by atoms with Gasteiger partial charge in [-0.05, 0) is 66.6 Å². The highest BCUT2D eigenvalue weighted by Crippen LogP contribution is 2.45. The molecule has 8 nitrogen and oxygen atoms in total. The molecule has 1 aliphatic heterocycles. The Balaban J connectivity index is 1.57. The molecule has 1 aliphatic rings. The van der Waals surface area contributed by atoms with Gasteiger partial charge in [-0.25, -0.2) is 0 Å². The zero-order valence-corrected chi connectivity index (χ0v) is 25.0. The van der Waals surface area contributed by atoms with E-state index in [1.54, 1.807) is 42.5 Å². The van der Waals surface area contributed by atoms with Crippen molar-refractivity contribution in [3.05, 3.63) is 99.0 Å². The monoisotopic (exact) mass is 627 g/mol. The summed E-state index contributed by atoms with van der Waals surface area (Å²) in [5.41, 5.74) is 1.81. The molecule has 1 saturated heterocycles. The van der Waals surface area contributed by atoms with Crippen molar-refractivity contribution in [3.8, 4) is 11.5 Å². The summed E-state index contributed by atoms with van der Waals surface area (Å²) in [6, 6.07) is 17.9. The molecule has 1 fully saturated rings. The Morgan fingerprint density at radius 3 is 2.34 bits per heavy atom. The van der Waals surface area contributed by atoms with Crippen LogP contribution >= 0.6 is 46.3 Å². The van der Waals surface area contributed by atoms with Crippen LogP contribution in [0.15, 0.2) is 76.6 Å². The minimum Gasteiger partial charge on any atom is -0.507 e. The van der Waals surface area contributed by atoms with Gasteiger partial charge in [-0.3, -0.25) is 14.5 Å². The SMILES string of the molecule is CCOc1ccc(C2/C(=C(/O)c3ccc(Cl)cc3)C(=O)C(=O)N2c2nnc(SCc3ccc(Cl)cc3)s2)cc1OC. The predicted octanol–water partition coefficient (Wildman–Crippen LogP) is 7.17. The van der Waals surface area contributed by atoms with E-state index in [1.165, 1.54) is 35.1 Å². The van der Waals surface area contributed by atoms with E-state index in [9.17, 15) is 14.7 Å². The van der Waals surface area contributed by atoms with Crippen molar-refractivity contribution in [2.45, 2.75) is 23.1 Å². The highest BCUT2D eigenvalue weighted by atomic mass is 35.5. The number of nitrogens with zero attached hydrogens (tertiary/aromatic N) is 3. The molecule has 1 unspecified atom stereocenters. The summed E-state index contributed by atoms with van der Waals surface area (Å²) in [6.45, 7) is 2.28. The molecule has 210 valence electrons. The van der Waals surface area contributed by atoms with E-state index in [-0.39, 0.29) is 16.5 Å². The van der Waals surface area contributed by atoms with Crippen LogP contribution in [0, 0.1) is 0 Å². The fourth-order valence-electron chi connectivity index (χ4n) is 4.32. The van der Waals surface area contributed by atoms with Gasteiger partial charge < -0.3 is 14.6 Å². The summed E-state index contributed by atoms with van der Waals surface area (Å²) in [7, 11) is 1.50. The maximum Gasteiger partial charge on any atom is 0.301 e. The van der Waals surface area contributed by atoms with Crippen LogP contribution in [0.4, 0.5) is 5.13 Å². The van der Waals surface area contributed by atoms with Crippen molar-refractivity contribution in [2.24, 2.45) is 0 Å². The van der Waals surface area contributed by atoms with Crippen molar-refractivity contribution in [3.63, 3.8) is 0 Å². The van der Waals surface area contributed by atoms with Crippen LogP contribution in [0.1, 0.15) is 29.7 Å². The number of benzene rings is 3. The lowest BCUT2D eigenvalue weighted by Crippen LogP contribution is -2.29. The molecule has 0 radical (unpaired) electrons. The van der Waals surface area contributed by atoms with E-state index in [0.29, 0.717) is 49.4 Å². The number of aliphatic hydroxyl groups excluding tert-OH is 1. The topological polar surface area (TPSA) is 102 Å². The van der Waals surface area contributed by atoms with Gasteiger partial charge in [0.25, 0.3) is 5.78 Å². The number of hydrogen-bond acceptors (Lipinski definition) is 9. The lowest BCUT2D eigenvalue weighted by Gasteiger charge is -2.23. The van der Waals surface area contributed by atoms with Crippen LogP contribution in [-0.4, -0.2) is 40.7 Å². The van der Waals surface area contributed by atoms with E-state index < -0.39 is 17.7 Å². The molecule has 3 aromatic carbocycles. The van der Waals surface area contributed by atoms with Gasteiger partial charge in [-0.15, -0.1) is 10.2 Å². The Labute approximate surface area is 254 Å². The summed E-state index contributed by atoms with van der Waals surface area (Å²) < 4.78 is 11.8. The van der Waals surface area contributed by atoms with Crippen LogP contribution in [0.25, 0.3) is 5.76 Å². The Morgan fingerprint density at radius 2 is 1.68 bits per heavy atom. The Hall–Kier alpha value is -3.57. The maximum absolute atomic E-state index is 13.5. The molecular formula is C29H23Cl2N3O5S2. The van der Waals surface area contributed by atoms with E-state index in [2.05, 4.69) is 10.2 Å². The number of ketones is 1. The first-order valence-electron chi connectivity index (χ1n) is 12.4. The van der Waals surface area contributed by atoms with Gasteiger partial charge in [-0.1, -0.05) is 64.5 Å². The first-order valence-corrected chi connectivity index (χ1v) is 14.9. The number of Topliss-reactive ketones (excluding diaryl/α,β-unsaturated/α-hetero) is 1. The summed E-state index contributed by atoms with van der Waals surface area (Å²) in [6.07, 6.45) is 0. The summed E-state index contributed by atoms with van der Waals surface area (Å²) in [5, 5.41) is 21.2. The quantitative estimate of drug-likeness (QED) is 0.0685. The molecule has 1 amide bonds. The molecule has 0 bridgehead atoms. The highest BCUT2D eigenvalue weighted by Gasteiger charge is 2.48. The molecule has 1 N–H and O–H groups in total. The molecule has 0 spiro atoms. The molecule has 0 saturated carbocycles. The van der Waals surface area contributed by atoms with Gasteiger partial charge in [0.05, 0.1) is 25.3 Å². The second kappa shape index (κ2) is 12.5. The van der Waals surface area contributed by atoms with Gasteiger partial charge in [0.15, 0.2) is 15.8 Å². The van der Waals surface area contributed by atoms with Gasteiger partial charge >= 0.3 is 5.91 Å². The highest BCUT2D eigenvalue weighted by molar-refractivity contribution is 8.00. The fraction of sp³-hybridized carbons (Fsp3) is 0.172. The third kappa shape index (κ3) is 6.06. The number of hydrogen-bond donors (Lipinski definition) is 1. The predicted molar refractivity (Wildman–Crippen MR) is 161 cm³/mol. The summed E-state index contributed by atoms with van der Waals surface area (Å²) in [4.78, 5) is 28.2. The molecule has 2 heterocycles. The molecule has 1 aromatic heterocycles. The van der Waals surface area contributed by atoms with Crippen molar-refractivity contribution in [1.82, 2.24) is 10.2 Å². The Bertz CT molecular complexity index is 1620. The summed E-state index contributed by atoms with van der Waals surface area (Å²) >= 11 is 14.6. The smallest absolute Gasteiger partial charge is 0.301 e. The number of halogens is 2. The van der Waals surface area contributed by atoms with Crippen molar-refractivity contribution >= 4 is 68.9 Å². The van der Waals surface area contributed by atoms with Crippen molar-refractivity contribution in [1.29, 1.82) is 0 Å². The van der Waals surface area contributed by atoms with Crippen molar-refractivity contribution < 1.29 is 24.2 Å². The minimum absolute atomic E-state index is 0.0888. The van der Waals surface area contributed by atoms with E-state index in [0.717, 1.165) is 5.56 Å². The van der Waals surface area contributed by atoms with Gasteiger partial charge in [0.1, 0.15) is 5.76 Å². The molecule has 1 atom stereocenters. The average molecular weight is 629 g/mol. The summed E-state index contributed by atoms with van der Waals surface area (Å²) in [5.74, 6) is -0.476. The number of methoxy groups -OCH3 is 1. The van der Waals surface area contributed by atoms with Crippen molar-refractivity contribution in [2.75, 3.05) is 18.6 Å². The van der Waals surface area contributed by atoms with Crippen LogP contribution < -0.4 is 14.4 Å². The third-order valence-electron chi connectivity index (χ3n) is 6.24. The zero-order chi connectivity index (χ0) is 29.1. The Morgan fingerprint density at radius 1 is 1.00 bits per heavy atom. The first-order chi connectivity index (χ1) is 19.8. The number of aromatic nitrogens is 2. The number of aliphatic hydroxyl groups is 1. The van der Waals surface area contributed by atoms with E-state index >= 15 is 0 Å². The lowest BCUT2D eigenvalue weighted by molar-refractivity contribution is -0.132. The average Bonchev–Trinajstić information content (AvgIpc) is 3.55. The van der Waals surface area contributed by atoms with Gasteiger partial charge in [-0.2, -0.15) is 0 Å². The van der Waals surface area contributed by atoms with Crippen LogP contribution in [0.2, 0.25) is 10.0 Å². The van der Waals surface area contributed by atoms with Gasteiger partial charge in [0, 0.05) is 21.4 Å². The molecule has 4 aromatic rings. The Kier molecular flexibility index (Phi) is 8.84. The van der Waals surface area contributed by atoms with E-state index in [1.807, 2.05) is 31.2 Å². The first kappa shape index (κ1) is 28.9. The zero-order valence-electron chi connectivity index (χ0n) is 21.8. The number of rotatable bonds is 9. The molecule has 41 heavy (non-hydrogen) atoms. The normalized spacial score (nSPS) is 16.3. The number of carbonyl (C=O) groups excluding carboxylic acids is 2. The largest absolute Gasteiger partial charge is 0.507 e. The second-order valence-electron chi connectivity index (χ2n) is 8.78. The fourth-order valence-corrected chi connectivity index (χ4v) is 6.40. The van der Waals surface area contributed by atoms with E-state index in [4.69, 9.17) is 32.7 Å².